The molecule has 8 N–H and O–H groups in total. The number of ether oxygens (including phenoxy) is 2. The van der Waals surface area contributed by atoms with Crippen LogP contribution < -0.4 is 5.32 Å². The van der Waals surface area contributed by atoms with Crippen molar-refractivity contribution in [2.24, 2.45) is 0 Å². The van der Waals surface area contributed by atoms with Gasteiger partial charge in [-0.25, -0.2) is 0 Å². The summed E-state index contributed by atoms with van der Waals surface area (Å²) in [5.41, 5.74) is 0. The highest BCUT2D eigenvalue weighted by molar-refractivity contribution is 5.80. The van der Waals surface area contributed by atoms with E-state index in [1.807, 2.05) is 6.08 Å². The molecule has 1 heterocycles. The molecule has 9 atom stereocenters. The zero-order valence-corrected chi connectivity index (χ0v) is 43.1. The molecule has 67 heavy (non-hydrogen) atoms. The van der Waals surface area contributed by atoms with Crippen molar-refractivity contribution < 1.29 is 50.0 Å². The predicted molar refractivity (Wildman–Crippen MR) is 275 cm³/mol. The number of aliphatic hydroxyl groups is 7. The summed E-state index contributed by atoms with van der Waals surface area (Å²) < 4.78 is 11.1. The molecule has 11 heteroatoms. The summed E-state index contributed by atoms with van der Waals surface area (Å²) >= 11 is 0. The van der Waals surface area contributed by atoms with Crippen LogP contribution in [0.15, 0.2) is 24.3 Å². The van der Waals surface area contributed by atoms with Crippen LogP contribution >= 0.6 is 0 Å². The highest BCUT2D eigenvalue weighted by Gasteiger charge is 2.44. The number of rotatable bonds is 48. The fourth-order valence-corrected chi connectivity index (χ4v) is 9.17. The highest BCUT2D eigenvalue weighted by Crippen LogP contribution is 2.23. The maximum absolute atomic E-state index is 13.1. The van der Waals surface area contributed by atoms with E-state index in [0.717, 1.165) is 38.5 Å². The second-order valence-corrected chi connectivity index (χ2v) is 20.0. The second kappa shape index (κ2) is 45.7. The molecule has 1 aliphatic heterocycles. The zero-order valence-electron chi connectivity index (χ0n) is 43.1. The van der Waals surface area contributed by atoms with Gasteiger partial charge in [-0.1, -0.05) is 237 Å². The molecule has 0 saturated carbocycles. The lowest BCUT2D eigenvalue weighted by Gasteiger charge is -2.40. The Kier molecular flexibility index (Phi) is 43.4. The molecular weight excluding hydrogens is 847 g/mol. The number of aliphatic hydroxyl groups excluding tert-OH is 7. The Labute approximate surface area is 410 Å². The molecule has 0 bridgehead atoms. The van der Waals surface area contributed by atoms with E-state index in [0.29, 0.717) is 19.3 Å². The number of carbonyl (C=O) groups excluding carboxylic acids is 1. The molecule has 0 radical (unpaired) electrons. The SMILES string of the molecule is CC/C=C/CC/C=C/CCCC(O)C(O)C(COC1OC(CO)C(O)C(O)C1O)NC(=O)C(O)CCCCCCCCCCCCCCCCCCCCCCCCCCCCCCCCC. The van der Waals surface area contributed by atoms with Crippen molar-refractivity contribution in [1.82, 2.24) is 5.32 Å². The van der Waals surface area contributed by atoms with Gasteiger partial charge in [0, 0.05) is 0 Å². The fraction of sp³-hybridized carbons (Fsp3) is 0.911. The van der Waals surface area contributed by atoms with Gasteiger partial charge in [0.1, 0.15) is 36.6 Å². The van der Waals surface area contributed by atoms with E-state index < -0.39 is 74.2 Å². The Morgan fingerprint density at radius 1 is 0.522 bits per heavy atom. The number of hydrogen-bond donors (Lipinski definition) is 8. The average molecular weight is 954 g/mol. The Morgan fingerprint density at radius 2 is 0.925 bits per heavy atom. The predicted octanol–water partition coefficient (Wildman–Crippen LogP) is 11.3. The first-order valence-electron chi connectivity index (χ1n) is 28.2. The molecule has 1 aliphatic rings. The Morgan fingerprint density at radius 3 is 1.34 bits per heavy atom. The van der Waals surface area contributed by atoms with Crippen LogP contribution in [0.3, 0.4) is 0 Å². The normalized spacial score (nSPS) is 20.8. The minimum Gasteiger partial charge on any atom is -0.394 e. The van der Waals surface area contributed by atoms with Crippen molar-refractivity contribution in [3.05, 3.63) is 24.3 Å². The molecule has 396 valence electrons. The van der Waals surface area contributed by atoms with E-state index in [1.54, 1.807) is 0 Å². The van der Waals surface area contributed by atoms with Crippen LogP contribution in [-0.4, -0.2) is 110 Å². The number of allylic oxidation sites excluding steroid dienone is 4. The maximum Gasteiger partial charge on any atom is 0.249 e. The van der Waals surface area contributed by atoms with Gasteiger partial charge in [-0.2, -0.15) is 0 Å². The molecule has 1 fully saturated rings. The lowest BCUT2D eigenvalue weighted by molar-refractivity contribution is -0.303. The van der Waals surface area contributed by atoms with E-state index in [2.05, 4.69) is 37.4 Å². The molecule has 0 aliphatic carbocycles. The van der Waals surface area contributed by atoms with Crippen molar-refractivity contribution in [3.8, 4) is 0 Å². The van der Waals surface area contributed by atoms with E-state index in [4.69, 9.17) is 9.47 Å². The Bertz CT molecular complexity index is 1140. The summed E-state index contributed by atoms with van der Waals surface area (Å²) in [5.74, 6) is -0.709. The smallest absolute Gasteiger partial charge is 0.249 e. The molecule has 11 nitrogen and oxygen atoms in total. The number of unbranched alkanes of at least 4 members (excludes halogenated alkanes) is 32. The summed E-state index contributed by atoms with van der Waals surface area (Å²) in [7, 11) is 0. The third-order valence-electron chi connectivity index (χ3n) is 13.7. The lowest BCUT2D eigenvalue weighted by atomic mass is 9.98. The molecule has 9 unspecified atom stereocenters. The highest BCUT2D eigenvalue weighted by atomic mass is 16.7. The van der Waals surface area contributed by atoms with Crippen LogP contribution in [0.2, 0.25) is 0 Å². The summed E-state index contributed by atoms with van der Waals surface area (Å²) in [4.78, 5) is 13.1. The quantitative estimate of drug-likeness (QED) is 0.0215. The van der Waals surface area contributed by atoms with E-state index >= 15 is 0 Å². The van der Waals surface area contributed by atoms with Crippen LogP contribution in [-0.2, 0) is 14.3 Å². The van der Waals surface area contributed by atoms with Crippen molar-refractivity contribution in [1.29, 1.82) is 0 Å². The standard InChI is InChI=1S/C56H107NO10/c1-3-5-7-9-11-13-14-15-16-17-18-19-20-21-22-23-24-25-26-27-28-29-30-31-32-33-34-36-38-40-42-44-49(60)55(65)57-47(46-66-56-54(64)53(63)52(62)50(45-58)67-56)51(61)48(59)43-41-39-37-35-12-10-8-6-4-2/h6,8,35,37,47-54,56,58-64H,3-5,7,9-34,36,38-46H2,1-2H3,(H,57,65)/b8-6+,37-35+. The molecule has 1 saturated heterocycles. The van der Waals surface area contributed by atoms with Crippen LogP contribution in [0.4, 0.5) is 0 Å². The molecule has 1 rings (SSSR count). The van der Waals surface area contributed by atoms with Gasteiger partial charge in [0.15, 0.2) is 6.29 Å². The van der Waals surface area contributed by atoms with E-state index in [-0.39, 0.29) is 12.8 Å². The first kappa shape index (κ1) is 63.6. The van der Waals surface area contributed by atoms with Gasteiger partial charge in [-0.05, 0) is 44.9 Å². The Hall–Kier alpha value is -1.41. The maximum atomic E-state index is 13.1. The summed E-state index contributed by atoms with van der Waals surface area (Å²) in [6, 6.07) is -1.19. The summed E-state index contributed by atoms with van der Waals surface area (Å²) in [6.45, 7) is 3.31. The van der Waals surface area contributed by atoms with E-state index in [9.17, 15) is 40.5 Å². The molecule has 0 aromatic carbocycles. The fourth-order valence-electron chi connectivity index (χ4n) is 9.17. The van der Waals surface area contributed by atoms with Crippen molar-refractivity contribution in [3.63, 3.8) is 0 Å². The van der Waals surface area contributed by atoms with Gasteiger partial charge in [0.05, 0.1) is 25.4 Å². The van der Waals surface area contributed by atoms with Crippen molar-refractivity contribution in [2.75, 3.05) is 13.2 Å². The summed E-state index contributed by atoms with van der Waals surface area (Å²) in [6.07, 6.45) is 43.0. The number of carbonyl (C=O) groups is 1. The largest absolute Gasteiger partial charge is 0.394 e. The molecular formula is C56H107NO10. The van der Waals surface area contributed by atoms with Crippen LogP contribution in [0.1, 0.15) is 258 Å². The molecule has 1 amide bonds. The third-order valence-corrected chi connectivity index (χ3v) is 13.7. The Balaban J connectivity index is 2.15. The third kappa shape index (κ3) is 34.5. The van der Waals surface area contributed by atoms with Crippen LogP contribution in [0.25, 0.3) is 0 Å². The summed E-state index contributed by atoms with van der Waals surface area (Å²) in [5, 5.41) is 75.6. The van der Waals surface area contributed by atoms with Crippen LogP contribution in [0, 0.1) is 0 Å². The first-order chi connectivity index (χ1) is 32.7. The lowest BCUT2D eigenvalue weighted by Crippen LogP contribution is -2.60. The first-order valence-corrected chi connectivity index (χ1v) is 28.2. The molecule has 0 aromatic heterocycles. The topological polar surface area (TPSA) is 189 Å². The zero-order chi connectivity index (χ0) is 49.0. The number of nitrogens with one attached hydrogen (secondary N) is 1. The van der Waals surface area contributed by atoms with E-state index in [1.165, 1.54) is 173 Å². The van der Waals surface area contributed by atoms with Gasteiger partial charge >= 0.3 is 0 Å². The average Bonchev–Trinajstić information content (AvgIpc) is 3.33. The van der Waals surface area contributed by atoms with Crippen LogP contribution in [0.5, 0.6) is 0 Å². The monoisotopic (exact) mass is 954 g/mol. The van der Waals surface area contributed by atoms with Gasteiger partial charge in [0.25, 0.3) is 0 Å². The molecule has 0 spiro atoms. The van der Waals surface area contributed by atoms with Crippen molar-refractivity contribution >= 4 is 5.91 Å². The van der Waals surface area contributed by atoms with Gasteiger partial charge < -0.3 is 50.5 Å². The minimum atomic E-state index is -1.67. The van der Waals surface area contributed by atoms with Gasteiger partial charge in [-0.15, -0.1) is 0 Å². The van der Waals surface area contributed by atoms with Gasteiger partial charge in [0.2, 0.25) is 5.91 Å². The number of amides is 1. The van der Waals surface area contributed by atoms with Gasteiger partial charge in [-0.3, -0.25) is 4.79 Å². The second-order valence-electron chi connectivity index (χ2n) is 20.0. The number of hydrogen-bond acceptors (Lipinski definition) is 10. The minimum absolute atomic E-state index is 0.246. The van der Waals surface area contributed by atoms with Crippen molar-refractivity contribution in [2.45, 2.75) is 313 Å². The molecule has 0 aromatic rings.